The first-order valence-corrected chi connectivity index (χ1v) is 30.0. The van der Waals surface area contributed by atoms with Crippen molar-refractivity contribution in [3.63, 3.8) is 0 Å². The van der Waals surface area contributed by atoms with Gasteiger partial charge in [-0.1, -0.05) is 76.2 Å². The molecular formula is C51H88N2O7SSi. The van der Waals surface area contributed by atoms with Crippen LogP contribution in [-0.2, 0) is 28.6 Å². The van der Waals surface area contributed by atoms with Gasteiger partial charge < -0.3 is 19.6 Å². The molecule has 0 radical (unpaired) electrons. The number of carboxylic acids is 1. The smallest absolute Gasteiger partial charge is 0.309 e. The third-order valence-electron chi connectivity index (χ3n) is 22.4. The van der Waals surface area contributed by atoms with E-state index in [0.29, 0.717) is 55.2 Å². The summed E-state index contributed by atoms with van der Waals surface area (Å²) >= 11 is 0. The maximum Gasteiger partial charge on any atom is 0.309 e. The number of carbonyl (C=O) groups excluding carboxylic acids is 1. The fourth-order valence-corrected chi connectivity index (χ4v) is 18.9. The molecule has 9 nitrogen and oxygen atoms in total. The average Bonchev–Trinajstić information content (AvgIpc) is 3.78. The topological polar surface area (TPSA) is 122 Å². The molecular weight excluding hydrogens is 813 g/mol. The molecule has 11 heteroatoms. The summed E-state index contributed by atoms with van der Waals surface area (Å²) in [5.74, 6) is 1.79. The number of carbonyl (C=O) groups is 2. The Morgan fingerprint density at radius 1 is 0.774 bits per heavy atom. The first-order valence-electron chi connectivity index (χ1n) is 25.2. The van der Waals surface area contributed by atoms with Crippen LogP contribution in [0.1, 0.15) is 160 Å². The summed E-state index contributed by atoms with van der Waals surface area (Å²) in [6.45, 7) is 33.6. The third kappa shape index (κ3) is 7.38. The lowest BCUT2D eigenvalue weighted by molar-refractivity contribution is -0.250. The van der Waals surface area contributed by atoms with E-state index in [0.717, 1.165) is 25.3 Å². The van der Waals surface area contributed by atoms with E-state index in [4.69, 9.17) is 9.16 Å². The monoisotopic (exact) mass is 901 g/mol. The van der Waals surface area contributed by atoms with Gasteiger partial charge in [-0.3, -0.25) is 14.5 Å². The Balaban J connectivity index is 1.02. The van der Waals surface area contributed by atoms with Crippen LogP contribution in [-0.4, -0.2) is 94.1 Å². The van der Waals surface area contributed by atoms with Crippen molar-refractivity contribution in [2.45, 2.75) is 195 Å². The molecule has 354 valence electrons. The number of nitrogens with one attached hydrogen (secondary N) is 1. The Labute approximate surface area is 378 Å². The predicted molar refractivity (Wildman–Crippen MR) is 250 cm³/mol. The molecule has 0 aromatic heterocycles. The molecule has 0 amide bonds. The quantitative estimate of drug-likeness (QED) is 0.154. The maximum atomic E-state index is 13.7. The van der Waals surface area contributed by atoms with Gasteiger partial charge in [0.05, 0.1) is 29.9 Å². The molecule has 0 aromatic carbocycles. The Morgan fingerprint density at radius 2 is 1.44 bits per heavy atom. The van der Waals surface area contributed by atoms with E-state index in [2.05, 4.69) is 85.6 Å². The Bertz CT molecular complexity index is 1860. The van der Waals surface area contributed by atoms with Crippen LogP contribution < -0.4 is 5.32 Å². The SMILES string of the molecule is CC1([C@@H]2CC[C@]3(NCC(CO[Si](C)(C)C(C)(C)C)N4CCS(=O)(=O)CC4)CC[C@]4(C)[C@H](CC[C@@H]5[C@@]6(C)CC[C@H](OC(=O)[C@H]7C[C@@H](C(=O)O)C7(C)C)C(C)(C)[C@@H]6CC[C@]54C)[C@@H]23)CC1. The number of fused-ring (bicyclic) bond motifs is 7. The number of esters is 1. The largest absolute Gasteiger partial charge is 0.481 e. The average molecular weight is 901 g/mol. The van der Waals surface area contributed by atoms with E-state index in [9.17, 15) is 23.1 Å². The Kier molecular flexibility index (Phi) is 11.7. The molecule has 8 rings (SSSR count). The van der Waals surface area contributed by atoms with Crippen LogP contribution in [0.2, 0.25) is 18.1 Å². The normalized spacial score (nSPS) is 44.7. The summed E-state index contributed by atoms with van der Waals surface area (Å²) in [5, 5.41) is 14.3. The van der Waals surface area contributed by atoms with Crippen molar-refractivity contribution in [1.82, 2.24) is 10.2 Å². The van der Waals surface area contributed by atoms with Crippen molar-refractivity contribution in [3.8, 4) is 0 Å². The highest BCUT2D eigenvalue weighted by Gasteiger charge is 2.72. The van der Waals surface area contributed by atoms with Gasteiger partial charge in [-0.15, -0.1) is 0 Å². The third-order valence-corrected chi connectivity index (χ3v) is 28.6. The van der Waals surface area contributed by atoms with Crippen LogP contribution in [0.15, 0.2) is 0 Å². The van der Waals surface area contributed by atoms with Crippen molar-refractivity contribution < 1.29 is 32.3 Å². The first-order chi connectivity index (χ1) is 28.5. The summed E-state index contributed by atoms with van der Waals surface area (Å²) in [6.07, 6.45) is 14.9. The Morgan fingerprint density at radius 3 is 2.03 bits per heavy atom. The molecule has 0 aromatic rings. The molecule has 0 bridgehead atoms. The molecule has 1 saturated heterocycles. The lowest BCUT2D eigenvalue weighted by Crippen LogP contribution is -2.69. The van der Waals surface area contributed by atoms with Crippen LogP contribution in [0, 0.1) is 73.9 Å². The van der Waals surface area contributed by atoms with Gasteiger partial charge in [0.25, 0.3) is 0 Å². The number of rotatable bonds is 11. The summed E-state index contributed by atoms with van der Waals surface area (Å²) in [7, 11) is -4.99. The lowest BCUT2D eigenvalue weighted by atomic mass is 9.32. The minimum absolute atomic E-state index is 0.102. The Hall–Kier alpha value is -1.01. The summed E-state index contributed by atoms with van der Waals surface area (Å²) < 4.78 is 38.7. The number of hydrogen-bond donors (Lipinski definition) is 2. The van der Waals surface area contributed by atoms with E-state index < -0.39 is 35.5 Å². The molecule has 62 heavy (non-hydrogen) atoms. The van der Waals surface area contributed by atoms with Crippen molar-refractivity contribution in [2.75, 3.05) is 37.7 Å². The number of aliphatic carboxylic acids is 1. The van der Waals surface area contributed by atoms with Crippen molar-refractivity contribution >= 4 is 30.1 Å². The molecule has 1 aliphatic heterocycles. The standard InChI is InChI=1S/C51H88N2O7SSi/c1-44(2,3)62(12,13)59-32-33(53-26-28-61(57,58)29-27-53)31-52-51-21-16-34(47(8)22-23-47)41(51)35-14-15-39-48(9)19-18-40(60-43(56)37-30-36(42(54)55)45(37,4)5)46(6,7)38(48)17-20-50(39,11)49(35,10)24-25-51/h33-41,52H,14-32H2,1-13H3,(H,54,55)/t33?,34-,35-,36+,37-,38+,39-,40+,41-,48+,49-,50-,51+/m1/s1. The first kappa shape index (κ1) is 47.5. The van der Waals surface area contributed by atoms with Crippen molar-refractivity contribution in [2.24, 2.45) is 73.9 Å². The van der Waals surface area contributed by atoms with E-state index in [1.54, 1.807) is 0 Å². The van der Waals surface area contributed by atoms with Crippen LogP contribution in [0.4, 0.5) is 0 Å². The highest BCUT2D eigenvalue weighted by Crippen LogP contribution is 2.78. The molecule has 1 heterocycles. The van der Waals surface area contributed by atoms with Crippen LogP contribution in [0.25, 0.3) is 0 Å². The van der Waals surface area contributed by atoms with Gasteiger partial charge in [0.1, 0.15) is 6.10 Å². The van der Waals surface area contributed by atoms with Gasteiger partial charge >= 0.3 is 11.9 Å². The zero-order valence-corrected chi connectivity index (χ0v) is 43.2. The molecule has 0 spiro atoms. The minimum atomic E-state index is -2.99. The number of hydrogen-bond acceptors (Lipinski definition) is 8. The van der Waals surface area contributed by atoms with Gasteiger partial charge in [-0.25, -0.2) is 8.42 Å². The second kappa shape index (κ2) is 15.3. The van der Waals surface area contributed by atoms with Gasteiger partial charge in [-0.2, -0.15) is 0 Å². The molecule has 2 N–H and O–H groups in total. The molecule has 7 aliphatic carbocycles. The summed E-state index contributed by atoms with van der Waals surface area (Å²) in [5.41, 5.74) is 0.441. The van der Waals surface area contributed by atoms with Gasteiger partial charge in [0, 0.05) is 36.6 Å². The molecule has 13 atom stereocenters. The number of sulfone groups is 1. The zero-order valence-electron chi connectivity index (χ0n) is 41.4. The molecule has 8 aliphatic rings. The number of carboxylic acid groups (broad SMARTS) is 1. The predicted octanol–water partition coefficient (Wildman–Crippen LogP) is 9.99. The lowest BCUT2D eigenvalue weighted by Gasteiger charge is -2.73. The van der Waals surface area contributed by atoms with E-state index >= 15 is 0 Å². The maximum absolute atomic E-state index is 13.7. The second-order valence-electron chi connectivity index (χ2n) is 26.7. The van der Waals surface area contributed by atoms with Crippen LogP contribution in [0.3, 0.4) is 0 Å². The van der Waals surface area contributed by atoms with Gasteiger partial charge in [-0.05, 0) is 158 Å². The van der Waals surface area contributed by atoms with E-state index in [1.807, 2.05) is 13.8 Å². The van der Waals surface area contributed by atoms with Crippen LogP contribution >= 0.6 is 0 Å². The summed E-state index contributed by atoms with van der Waals surface area (Å²) in [4.78, 5) is 28.1. The minimum Gasteiger partial charge on any atom is -0.481 e. The fraction of sp³-hybridized carbons (Fsp3) is 0.961. The van der Waals surface area contributed by atoms with Crippen LogP contribution in [0.5, 0.6) is 0 Å². The van der Waals surface area contributed by atoms with Crippen molar-refractivity contribution in [3.05, 3.63) is 0 Å². The molecule has 8 fully saturated rings. The molecule has 1 unspecified atom stereocenters. The van der Waals surface area contributed by atoms with E-state index in [1.165, 1.54) is 64.2 Å². The summed E-state index contributed by atoms with van der Waals surface area (Å²) in [6, 6.07) is 0.154. The highest BCUT2D eigenvalue weighted by atomic mass is 32.2. The van der Waals surface area contributed by atoms with Crippen molar-refractivity contribution in [1.29, 1.82) is 0 Å². The second-order valence-corrected chi connectivity index (χ2v) is 33.8. The highest BCUT2D eigenvalue weighted by molar-refractivity contribution is 7.91. The zero-order chi connectivity index (χ0) is 45.5. The fourth-order valence-electron chi connectivity index (χ4n) is 16.6. The molecule has 7 saturated carbocycles. The number of nitrogens with zero attached hydrogens (tertiary/aromatic N) is 1. The van der Waals surface area contributed by atoms with Gasteiger partial charge in [0.2, 0.25) is 0 Å². The van der Waals surface area contributed by atoms with Gasteiger partial charge in [0.15, 0.2) is 18.2 Å². The van der Waals surface area contributed by atoms with E-state index in [-0.39, 0.29) is 67.8 Å². The number of ether oxygens (including phenoxy) is 1.